The molecule has 2 aromatic rings. The zero-order valence-electron chi connectivity index (χ0n) is 22.4. The van der Waals surface area contributed by atoms with Gasteiger partial charge in [0.15, 0.2) is 0 Å². The highest BCUT2D eigenvalue weighted by Crippen LogP contribution is 2.54. The number of halogens is 2. The van der Waals surface area contributed by atoms with Crippen molar-refractivity contribution >= 4 is 53.3 Å². The van der Waals surface area contributed by atoms with Crippen molar-refractivity contribution < 1.29 is 28.5 Å². The summed E-state index contributed by atoms with van der Waals surface area (Å²) in [5.41, 5.74) is 1.69. The Hall–Kier alpha value is -2.17. The normalized spacial score (nSPS) is 14.3. The highest BCUT2D eigenvalue weighted by molar-refractivity contribution is 8.00. The number of carbonyl (C=O) groups excluding carboxylic acids is 2. The Morgan fingerprint density at radius 3 is 2.53 bits per heavy atom. The largest absolute Gasteiger partial charge is 0.497 e. The summed E-state index contributed by atoms with van der Waals surface area (Å²) < 4.78 is 21.7. The maximum atomic E-state index is 12.7. The van der Waals surface area contributed by atoms with Gasteiger partial charge in [0.2, 0.25) is 5.91 Å². The summed E-state index contributed by atoms with van der Waals surface area (Å²) in [6.45, 7) is 7.95. The quantitative estimate of drug-likeness (QED) is 0.222. The fraction of sp³-hybridized carbons (Fsp3) is 0.481. The summed E-state index contributed by atoms with van der Waals surface area (Å²) in [6, 6.07) is 11.5. The molecule has 1 aliphatic heterocycles. The minimum Gasteiger partial charge on any atom is -0.497 e. The zero-order chi connectivity index (χ0) is 26.9. The molecule has 3 rings (SSSR count). The molecule has 210 valence electrons. The van der Waals surface area contributed by atoms with Crippen molar-refractivity contribution in [2.75, 3.05) is 52.0 Å². The van der Waals surface area contributed by atoms with E-state index >= 15 is 0 Å². The third-order valence-corrected chi connectivity index (χ3v) is 7.46. The lowest BCUT2D eigenvalue weighted by atomic mass is 10.1. The van der Waals surface area contributed by atoms with Crippen molar-refractivity contribution in [3.8, 4) is 11.5 Å². The number of rotatable bonds is 13. The topological polar surface area (TPSA) is 77.5 Å². The van der Waals surface area contributed by atoms with Crippen LogP contribution in [0.5, 0.6) is 11.5 Å². The Morgan fingerprint density at radius 1 is 1.11 bits per heavy atom. The number of hydrogen-bond donors (Lipinski definition) is 0. The molecule has 8 nitrogen and oxygen atoms in total. The van der Waals surface area contributed by atoms with E-state index in [1.54, 1.807) is 36.8 Å². The number of benzene rings is 2. The number of amides is 1. The van der Waals surface area contributed by atoms with E-state index in [0.717, 1.165) is 29.1 Å². The van der Waals surface area contributed by atoms with Crippen LogP contribution in [-0.4, -0.2) is 69.9 Å². The zero-order valence-corrected chi connectivity index (χ0v) is 24.8. The molecular weight excluding hydrogens is 551 g/mol. The predicted molar refractivity (Wildman–Crippen MR) is 153 cm³/mol. The third-order valence-electron chi connectivity index (χ3n) is 5.96. The van der Waals surface area contributed by atoms with Crippen molar-refractivity contribution in [3.63, 3.8) is 0 Å². The van der Waals surface area contributed by atoms with Crippen LogP contribution in [0, 0.1) is 0 Å². The first-order valence-corrected chi connectivity index (χ1v) is 13.5. The number of methoxy groups -OCH3 is 2. The molecular formula is C27H36Cl2N2O6S. The molecule has 0 saturated carbocycles. The van der Waals surface area contributed by atoms with Crippen LogP contribution in [0.2, 0.25) is 5.02 Å². The summed E-state index contributed by atoms with van der Waals surface area (Å²) >= 11 is 7.78. The molecule has 0 radical (unpaired) electrons. The lowest BCUT2D eigenvalue weighted by molar-refractivity contribution is -0.148. The van der Waals surface area contributed by atoms with Gasteiger partial charge in [0.1, 0.15) is 30.1 Å². The second-order valence-corrected chi connectivity index (χ2v) is 10.4. The van der Waals surface area contributed by atoms with E-state index < -0.39 is 0 Å². The maximum absolute atomic E-state index is 12.7. The summed E-state index contributed by atoms with van der Waals surface area (Å²) in [4.78, 5) is 29.1. The minimum absolute atomic E-state index is 0. The van der Waals surface area contributed by atoms with Crippen molar-refractivity contribution in [1.29, 1.82) is 0 Å². The van der Waals surface area contributed by atoms with Crippen LogP contribution in [0.3, 0.4) is 0 Å². The average molecular weight is 588 g/mol. The number of carbonyl (C=O) groups is 2. The standard InChI is InChI=1S/C27H35ClN2O6S.ClH/c1-18(2)29(12-14-36-26(32)17-33-4)11-6-13-35-24-10-8-21(34-5)16-22(24)27-30(19(3)31)23-9-7-20(28)15-25(23)37-27;/h7-10,15-16,18,27H,6,11-14,17H2,1-5H3;1H. The van der Waals surface area contributed by atoms with E-state index in [-0.39, 0.29) is 36.3 Å². The lowest BCUT2D eigenvalue weighted by Gasteiger charge is -2.27. The van der Waals surface area contributed by atoms with Gasteiger partial charge in [0.05, 0.1) is 19.4 Å². The molecule has 0 bridgehead atoms. The van der Waals surface area contributed by atoms with Crippen LogP contribution < -0.4 is 14.4 Å². The molecule has 0 saturated heterocycles. The molecule has 0 spiro atoms. The first kappa shape index (κ1) is 32.0. The SMILES string of the molecule is COCC(=O)OCCN(CCCOc1ccc(OC)cc1C1Sc2cc(Cl)ccc2N1C(C)=O)C(C)C.Cl. The fourth-order valence-corrected chi connectivity index (χ4v) is 5.75. The molecule has 1 amide bonds. The fourth-order valence-electron chi connectivity index (χ4n) is 4.11. The molecule has 1 aliphatic rings. The van der Waals surface area contributed by atoms with Gasteiger partial charge in [-0.25, -0.2) is 4.79 Å². The Labute approximate surface area is 240 Å². The van der Waals surface area contributed by atoms with E-state index in [1.807, 2.05) is 30.3 Å². The molecule has 1 atom stereocenters. The van der Waals surface area contributed by atoms with E-state index in [9.17, 15) is 9.59 Å². The lowest BCUT2D eigenvalue weighted by Crippen LogP contribution is -2.36. The van der Waals surface area contributed by atoms with Gasteiger partial charge >= 0.3 is 5.97 Å². The van der Waals surface area contributed by atoms with E-state index in [0.29, 0.717) is 42.3 Å². The molecule has 0 N–H and O–H groups in total. The minimum atomic E-state index is -0.365. The Bertz CT molecular complexity index is 1090. The third kappa shape index (κ3) is 8.41. The van der Waals surface area contributed by atoms with Gasteiger partial charge in [-0.3, -0.25) is 14.6 Å². The van der Waals surface area contributed by atoms with Crippen LogP contribution >= 0.6 is 35.8 Å². The molecule has 2 aromatic carbocycles. The van der Waals surface area contributed by atoms with Crippen molar-refractivity contribution in [2.45, 2.75) is 43.5 Å². The van der Waals surface area contributed by atoms with Crippen molar-refractivity contribution in [3.05, 3.63) is 47.0 Å². The summed E-state index contributed by atoms with van der Waals surface area (Å²) in [5, 5.41) is 0.325. The number of hydrogen-bond acceptors (Lipinski definition) is 8. The Balaban J connectivity index is 0.00000507. The summed E-state index contributed by atoms with van der Waals surface area (Å²) in [6.07, 6.45) is 0.778. The molecule has 0 fully saturated rings. The van der Waals surface area contributed by atoms with Crippen LogP contribution in [0.4, 0.5) is 5.69 Å². The van der Waals surface area contributed by atoms with E-state index in [4.69, 9.17) is 30.5 Å². The van der Waals surface area contributed by atoms with Gasteiger partial charge in [-0.2, -0.15) is 0 Å². The van der Waals surface area contributed by atoms with Crippen LogP contribution in [-0.2, 0) is 19.1 Å². The Morgan fingerprint density at radius 2 is 1.87 bits per heavy atom. The van der Waals surface area contributed by atoms with Crippen LogP contribution in [0.25, 0.3) is 0 Å². The molecule has 0 aromatic heterocycles. The number of nitrogens with zero attached hydrogens (tertiary/aromatic N) is 2. The second kappa shape index (κ2) is 15.4. The average Bonchev–Trinajstić information content (AvgIpc) is 3.24. The van der Waals surface area contributed by atoms with Crippen LogP contribution in [0.1, 0.15) is 38.1 Å². The maximum Gasteiger partial charge on any atom is 0.332 e. The Kier molecular flexibility index (Phi) is 13.0. The molecule has 1 unspecified atom stereocenters. The van der Waals surface area contributed by atoms with Gasteiger partial charge < -0.3 is 18.9 Å². The molecule has 0 aliphatic carbocycles. The number of thioether (sulfide) groups is 1. The number of anilines is 1. The monoisotopic (exact) mass is 586 g/mol. The summed E-state index contributed by atoms with van der Waals surface area (Å²) in [7, 11) is 3.08. The highest BCUT2D eigenvalue weighted by Gasteiger charge is 2.36. The van der Waals surface area contributed by atoms with Gasteiger partial charge in [-0.05, 0) is 56.7 Å². The van der Waals surface area contributed by atoms with Gasteiger partial charge in [0, 0.05) is 48.6 Å². The highest BCUT2D eigenvalue weighted by atomic mass is 35.5. The number of esters is 1. The summed E-state index contributed by atoms with van der Waals surface area (Å²) in [5.74, 6) is 0.962. The van der Waals surface area contributed by atoms with Crippen LogP contribution in [0.15, 0.2) is 41.3 Å². The van der Waals surface area contributed by atoms with Gasteiger partial charge in [-0.15, -0.1) is 12.4 Å². The first-order valence-electron chi connectivity index (χ1n) is 12.2. The van der Waals surface area contributed by atoms with Crippen molar-refractivity contribution in [2.24, 2.45) is 0 Å². The van der Waals surface area contributed by atoms with Gasteiger partial charge in [0.25, 0.3) is 0 Å². The predicted octanol–water partition coefficient (Wildman–Crippen LogP) is 5.60. The number of fused-ring (bicyclic) bond motifs is 1. The molecule has 11 heteroatoms. The van der Waals surface area contributed by atoms with E-state index in [1.165, 1.54) is 7.11 Å². The van der Waals surface area contributed by atoms with Gasteiger partial charge in [-0.1, -0.05) is 23.4 Å². The number of ether oxygens (including phenoxy) is 4. The molecule has 1 heterocycles. The smallest absolute Gasteiger partial charge is 0.332 e. The second-order valence-electron chi connectivity index (χ2n) is 8.86. The first-order chi connectivity index (χ1) is 17.7. The molecule has 38 heavy (non-hydrogen) atoms. The van der Waals surface area contributed by atoms with E-state index in [2.05, 4.69) is 18.7 Å². The van der Waals surface area contributed by atoms with Crippen molar-refractivity contribution in [1.82, 2.24) is 4.90 Å².